The van der Waals surface area contributed by atoms with Gasteiger partial charge in [-0.3, -0.25) is 9.59 Å². The molecule has 0 unspecified atom stereocenters. The second-order valence-electron chi connectivity index (χ2n) is 6.40. The van der Waals surface area contributed by atoms with Crippen LogP contribution in [0.4, 0.5) is 5.69 Å². The molecule has 0 aliphatic carbocycles. The predicted molar refractivity (Wildman–Crippen MR) is 112 cm³/mol. The van der Waals surface area contributed by atoms with Gasteiger partial charge in [-0.1, -0.05) is 48.0 Å². The molecule has 0 bridgehead atoms. The highest BCUT2D eigenvalue weighted by atomic mass is 16.2. The lowest BCUT2D eigenvalue weighted by Crippen LogP contribution is -2.19. The summed E-state index contributed by atoms with van der Waals surface area (Å²) in [7, 11) is 0. The number of nitrogens with one attached hydrogen (secondary N) is 2. The van der Waals surface area contributed by atoms with E-state index in [2.05, 4.69) is 15.8 Å². The zero-order valence-corrected chi connectivity index (χ0v) is 15.8. The van der Waals surface area contributed by atoms with E-state index in [0.717, 1.165) is 11.1 Å². The Bertz CT molecular complexity index is 992. The Hall–Kier alpha value is -3.73. The molecule has 0 heterocycles. The third-order valence-corrected chi connectivity index (χ3v) is 4.24. The minimum atomic E-state index is -0.258. The topological polar surface area (TPSA) is 70.6 Å². The summed E-state index contributed by atoms with van der Waals surface area (Å²) >= 11 is 0. The second-order valence-corrected chi connectivity index (χ2v) is 6.40. The molecule has 2 N–H and O–H groups in total. The van der Waals surface area contributed by atoms with Crippen molar-refractivity contribution in [1.82, 2.24) is 5.43 Å². The van der Waals surface area contributed by atoms with Gasteiger partial charge >= 0.3 is 0 Å². The minimum absolute atomic E-state index is 0.163. The van der Waals surface area contributed by atoms with Crippen molar-refractivity contribution in [3.05, 3.63) is 101 Å². The summed E-state index contributed by atoms with van der Waals surface area (Å²) in [6.45, 7) is 3.78. The zero-order valence-electron chi connectivity index (χ0n) is 15.8. The van der Waals surface area contributed by atoms with E-state index in [-0.39, 0.29) is 11.8 Å². The summed E-state index contributed by atoms with van der Waals surface area (Å²) in [6.07, 6.45) is 0. The van der Waals surface area contributed by atoms with Crippen LogP contribution in [0.3, 0.4) is 0 Å². The fraction of sp³-hybridized carbons (Fsp3) is 0.0870. The van der Waals surface area contributed by atoms with E-state index in [1.54, 1.807) is 36.4 Å². The number of amides is 2. The van der Waals surface area contributed by atoms with E-state index in [1.165, 1.54) is 0 Å². The minimum Gasteiger partial charge on any atom is -0.322 e. The lowest BCUT2D eigenvalue weighted by atomic mass is 10.1. The second kappa shape index (κ2) is 8.77. The number of carbonyl (C=O) groups excluding carboxylic acids is 2. The smallest absolute Gasteiger partial charge is 0.271 e. The van der Waals surface area contributed by atoms with Crippen molar-refractivity contribution < 1.29 is 9.59 Å². The van der Waals surface area contributed by atoms with Gasteiger partial charge in [0.15, 0.2) is 0 Å². The van der Waals surface area contributed by atoms with E-state index in [9.17, 15) is 9.59 Å². The van der Waals surface area contributed by atoms with E-state index in [4.69, 9.17) is 0 Å². The van der Waals surface area contributed by atoms with Gasteiger partial charge in [0.25, 0.3) is 11.8 Å². The van der Waals surface area contributed by atoms with Crippen molar-refractivity contribution >= 4 is 23.2 Å². The first-order valence-electron chi connectivity index (χ1n) is 8.91. The van der Waals surface area contributed by atoms with Crippen LogP contribution in [-0.4, -0.2) is 17.5 Å². The van der Waals surface area contributed by atoms with Crippen LogP contribution < -0.4 is 10.7 Å². The quantitative estimate of drug-likeness (QED) is 0.515. The summed E-state index contributed by atoms with van der Waals surface area (Å²) in [4.78, 5) is 24.3. The van der Waals surface area contributed by atoms with Gasteiger partial charge in [0.1, 0.15) is 0 Å². The van der Waals surface area contributed by atoms with Gasteiger partial charge in [-0.05, 0) is 55.8 Å². The van der Waals surface area contributed by atoms with E-state index >= 15 is 0 Å². The Morgan fingerprint density at radius 1 is 0.714 bits per heavy atom. The van der Waals surface area contributed by atoms with Crippen LogP contribution in [0.2, 0.25) is 0 Å². The van der Waals surface area contributed by atoms with Crippen LogP contribution in [0.15, 0.2) is 84.0 Å². The van der Waals surface area contributed by atoms with Crippen molar-refractivity contribution in [3.63, 3.8) is 0 Å². The Labute approximate surface area is 164 Å². The highest BCUT2D eigenvalue weighted by Crippen LogP contribution is 2.12. The molecule has 0 aliphatic heterocycles. The van der Waals surface area contributed by atoms with E-state index in [1.807, 2.05) is 56.3 Å². The molecule has 0 saturated carbocycles. The molecule has 0 radical (unpaired) electrons. The predicted octanol–water partition coefficient (Wildman–Crippen LogP) is 4.40. The highest BCUT2D eigenvalue weighted by molar-refractivity contribution is 6.05. The molecule has 0 aliphatic rings. The summed E-state index contributed by atoms with van der Waals surface area (Å²) in [6, 6.07) is 23.6. The van der Waals surface area contributed by atoms with Crippen molar-refractivity contribution in [3.8, 4) is 0 Å². The van der Waals surface area contributed by atoms with Gasteiger partial charge in [0, 0.05) is 16.8 Å². The van der Waals surface area contributed by atoms with Crippen LogP contribution >= 0.6 is 0 Å². The van der Waals surface area contributed by atoms with Crippen LogP contribution in [0, 0.1) is 6.92 Å². The Balaban J connectivity index is 1.62. The van der Waals surface area contributed by atoms with Crippen molar-refractivity contribution in [2.45, 2.75) is 13.8 Å². The molecule has 0 fully saturated rings. The maximum atomic E-state index is 12.2. The number of rotatable bonds is 5. The average Bonchev–Trinajstić information content (AvgIpc) is 2.73. The lowest BCUT2D eigenvalue weighted by Gasteiger charge is -2.07. The molecule has 0 saturated heterocycles. The number of hydrogen-bond acceptors (Lipinski definition) is 3. The molecule has 3 rings (SSSR count). The molecule has 0 atom stereocenters. The number of hydrogen-bond donors (Lipinski definition) is 2. The van der Waals surface area contributed by atoms with Crippen molar-refractivity contribution in [1.29, 1.82) is 0 Å². The van der Waals surface area contributed by atoms with Crippen molar-refractivity contribution in [2.24, 2.45) is 5.10 Å². The normalized spacial score (nSPS) is 11.0. The number of anilines is 1. The van der Waals surface area contributed by atoms with E-state index < -0.39 is 0 Å². The number of nitrogens with zero attached hydrogens (tertiary/aromatic N) is 1. The monoisotopic (exact) mass is 371 g/mol. The first-order valence-corrected chi connectivity index (χ1v) is 8.91. The summed E-state index contributed by atoms with van der Waals surface area (Å²) in [5, 5.41) is 7.01. The summed E-state index contributed by atoms with van der Waals surface area (Å²) < 4.78 is 0. The first kappa shape index (κ1) is 19.0. The fourth-order valence-corrected chi connectivity index (χ4v) is 2.56. The highest BCUT2D eigenvalue weighted by Gasteiger charge is 2.07. The molecular weight excluding hydrogens is 350 g/mol. The standard InChI is InChI=1S/C23H21N3O2/c1-16-8-10-20(11-9-16)23(28)26-25-17(2)18-12-14-21(15-13-18)24-22(27)19-6-4-3-5-7-19/h3-15H,1-2H3,(H,24,27)(H,26,28)/b25-17-. The van der Waals surface area contributed by atoms with Crippen LogP contribution in [0.1, 0.15) is 38.8 Å². The van der Waals surface area contributed by atoms with Crippen LogP contribution in [0.5, 0.6) is 0 Å². The molecule has 140 valence electrons. The fourth-order valence-electron chi connectivity index (χ4n) is 2.56. The number of carbonyl (C=O) groups is 2. The Kier molecular flexibility index (Phi) is 5.97. The van der Waals surface area contributed by atoms with Crippen LogP contribution in [0.25, 0.3) is 0 Å². The maximum absolute atomic E-state index is 12.2. The first-order chi connectivity index (χ1) is 13.5. The number of aryl methyl sites for hydroxylation is 1. The molecule has 3 aromatic rings. The molecule has 5 nitrogen and oxygen atoms in total. The summed E-state index contributed by atoms with van der Waals surface area (Å²) in [5.41, 5.74) is 7.02. The molecule has 28 heavy (non-hydrogen) atoms. The molecule has 5 heteroatoms. The van der Waals surface area contributed by atoms with Gasteiger partial charge in [-0.25, -0.2) is 5.43 Å². The van der Waals surface area contributed by atoms with Crippen molar-refractivity contribution in [2.75, 3.05) is 5.32 Å². The molecule has 3 aromatic carbocycles. The van der Waals surface area contributed by atoms with Gasteiger partial charge in [-0.15, -0.1) is 0 Å². The molecule has 0 spiro atoms. The molecular formula is C23H21N3O2. The molecule has 2 amide bonds. The third kappa shape index (κ3) is 4.92. The SMILES string of the molecule is C/C(=N/NC(=O)c1ccc(C)cc1)c1ccc(NC(=O)c2ccccc2)cc1. The van der Waals surface area contributed by atoms with Crippen LogP contribution in [-0.2, 0) is 0 Å². The third-order valence-electron chi connectivity index (χ3n) is 4.24. The van der Waals surface area contributed by atoms with Gasteiger partial charge in [0.2, 0.25) is 0 Å². The maximum Gasteiger partial charge on any atom is 0.271 e. The lowest BCUT2D eigenvalue weighted by molar-refractivity contribution is 0.0954. The van der Waals surface area contributed by atoms with Gasteiger partial charge in [0.05, 0.1) is 5.71 Å². The van der Waals surface area contributed by atoms with Gasteiger partial charge < -0.3 is 5.32 Å². The largest absolute Gasteiger partial charge is 0.322 e. The number of hydrazone groups is 1. The average molecular weight is 371 g/mol. The number of benzene rings is 3. The Morgan fingerprint density at radius 3 is 1.93 bits per heavy atom. The Morgan fingerprint density at radius 2 is 1.29 bits per heavy atom. The van der Waals surface area contributed by atoms with E-state index in [0.29, 0.717) is 22.5 Å². The summed E-state index contributed by atoms with van der Waals surface area (Å²) in [5.74, 6) is -0.421. The zero-order chi connectivity index (χ0) is 19.9. The van der Waals surface area contributed by atoms with Gasteiger partial charge in [-0.2, -0.15) is 5.10 Å². The molecule has 0 aromatic heterocycles.